The molecule has 1 aliphatic carbocycles. The molecule has 9 nitrogen and oxygen atoms in total. The normalized spacial score (nSPS) is 18.8. The average Bonchev–Trinajstić information content (AvgIpc) is 3.42. The summed E-state index contributed by atoms with van der Waals surface area (Å²) in [5, 5.41) is 3.01. The molecule has 3 aromatic rings. The first-order chi connectivity index (χ1) is 15.7. The number of benzene rings is 1. The molecule has 0 radical (unpaired) electrons. The number of nitrogens with one attached hydrogen (secondary N) is 2. The van der Waals surface area contributed by atoms with Crippen molar-refractivity contribution in [3.63, 3.8) is 0 Å². The summed E-state index contributed by atoms with van der Waals surface area (Å²) in [6.45, 7) is 1.76. The highest BCUT2D eigenvalue weighted by Gasteiger charge is 2.28. The Morgan fingerprint density at radius 2 is 1.88 bits per heavy atom. The van der Waals surface area contributed by atoms with Gasteiger partial charge in [0, 0.05) is 23.4 Å². The van der Waals surface area contributed by atoms with Gasteiger partial charge in [-0.15, -0.1) is 0 Å². The van der Waals surface area contributed by atoms with Crippen LogP contribution in [0.4, 0.5) is 0 Å². The van der Waals surface area contributed by atoms with Crippen LogP contribution < -0.4 is 10.0 Å². The Bertz CT molecular complexity index is 1270. The maximum atomic E-state index is 12.5. The number of amides is 2. The number of oxazole rings is 1. The van der Waals surface area contributed by atoms with Crippen molar-refractivity contribution in [2.24, 2.45) is 0 Å². The van der Waals surface area contributed by atoms with Crippen LogP contribution in [0.15, 0.2) is 44.3 Å². The molecule has 4 rings (SSSR count). The summed E-state index contributed by atoms with van der Waals surface area (Å²) in [5.41, 5.74) is 1.42. The van der Waals surface area contributed by atoms with Crippen molar-refractivity contribution in [1.29, 1.82) is 0 Å². The molecule has 33 heavy (non-hydrogen) atoms. The van der Waals surface area contributed by atoms with E-state index in [0.29, 0.717) is 22.9 Å². The summed E-state index contributed by atoms with van der Waals surface area (Å²) in [6.07, 6.45) is 3.59. The number of fused-ring (bicyclic) bond motifs is 1. The van der Waals surface area contributed by atoms with Crippen LogP contribution in [0.1, 0.15) is 67.8 Å². The van der Waals surface area contributed by atoms with E-state index in [-0.39, 0.29) is 24.1 Å². The number of hydrogen-bond acceptors (Lipinski definition) is 7. The second-order valence-corrected chi connectivity index (χ2v) is 10.1. The van der Waals surface area contributed by atoms with Gasteiger partial charge in [0.25, 0.3) is 15.9 Å². The standard InChI is InChI=1S/C22H24ClN3O6S/c1-2-3-19(27)26-33(29,30)20-11-10-18(31-20)21(28)24-15-7-4-13(5-8-15)22-25-16-12-14(23)6-9-17(16)32-22/h6,9-13,15H,2-5,7-8H2,1H3,(H,24,28)(H,26,27)/t13-,15+. The maximum Gasteiger partial charge on any atom is 0.297 e. The first-order valence-corrected chi connectivity index (χ1v) is 12.6. The zero-order valence-corrected chi connectivity index (χ0v) is 19.5. The Morgan fingerprint density at radius 3 is 2.61 bits per heavy atom. The summed E-state index contributed by atoms with van der Waals surface area (Å²) in [7, 11) is -4.15. The fraction of sp³-hybridized carbons (Fsp3) is 0.409. The van der Waals surface area contributed by atoms with Crippen molar-refractivity contribution in [1.82, 2.24) is 15.0 Å². The number of rotatable bonds is 7. The van der Waals surface area contributed by atoms with Crippen LogP contribution in [0.2, 0.25) is 5.02 Å². The van der Waals surface area contributed by atoms with Gasteiger partial charge < -0.3 is 14.2 Å². The van der Waals surface area contributed by atoms with Gasteiger partial charge in [0.1, 0.15) is 5.52 Å². The fourth-order valence-electron chi connectivity index (χ4n) is 3.90. The first kappa shape index (κ1) is 23.3. The van der Waals surface area contributed by atoms with Crippen molar-refractivity contribution in [2.75, 3.05) is 0 Å². The zero-order chi connectivity index (χ0) is 23.6. The minimum absolute atomic E-state index is 0.0766. The lowest BCUT2D eigenvalue weighted by molar-refractivity contribution is -0.119. The lowest BCUT2D eigenvalue weighted by Gasteiger charge is -2.27. The zero-order valence-electron chi connectivity index (χ0n) is 18.0. The monoisotopic (exact) mass is 493 g/mol. The predicted octanol–water partition coefficient (Wildman–Crippen LogP) is 4.14. The molecule has 0 saturated heterocycles. The highest BCUT2D eigenvalue weighted by atomic mass is 35.5. The molecular formula is C22H24ClN3O6S. The lowest BCUT2D eigenvalue weighted by Crippen LogP contribution is -2.37. The van der Waals surface area contributed by atoms with E-state index >= 15 is 0 Å². The fourth-order valence-corrected chi connectivity index (χ4v) is 5.01. The smallest absolute Gasteiger partial charge is 0.297 e. The third-order valence-electron chi connectivity index (χ3n) is 5.57. The molecular weight excluding hydrogens is 470 g/mol. The van der Waals surface area contributed by atoms with E-state index < -0.39 is 26.9 Å². The van der Waals surface area contributed by atoms with Crippen LogP contribution in [0.25, 0.3) is 11.1 Å². The van der Waals surface area contributed by atoms with Gasteiger partial charge in [0.05, 0.1) is 0 Å². The average molecular weight is 494 g/mol. The van der Waals surface area contributed by atoms with Crippen LogP contribution in [0, 0.1) is 0 Å². The number of carbonyl (C=O) groups excluding carboxylic acids is 2. The van der Waals surface area contributed by atoms with E-state index in [9.17, 15) is 18.0 Å². The van der Waals surface area contributed by atoms with Crippen LogP contribution in [0.5, 0.6) is 0 Å². The molecule has 1 aromatic carbocycles. The van der Waals surface area contributed by atoms with E-state index in [1.165, 1.54) is 6.07 Å². The molecule has 0 aliphatic heterocycles. The molecule has 0 unspecified atom stereocenters. The number of aromatic nitrogens is 1. The van der Waals surface area contributed by atoms with Gasteiger partial charge in [0.2, 0.25) is 11.0 Å². The molecule has 11 heteroatoms. The molecule has 0 atom stereocenters. The van der Waals surface area contributed by atoms with Gasteiger partial charge in [0.15, 0.2) is 17.2 Å². The van der Waals surface area contributed by atoms with Gasteiger partial charge in [-0.3, -0.25) is 9.59 Å². The summed E-state index contributed by atoms with van der Waals surface area (Å²) in [4.78, 5) is 28.7. The number of nitrogens with zero attached hydrogens (tertiary/aromatic N) is 1. The Morgan fingerprint density at radius 1 is 1.12 bits per heavy atom. The van der Waals surface area contributed by atoms with E-state index in [0.717, 1.165) is 37.3 Å². The highest BCUT2D eigenvalue weighted by molar-refractivity contribution is 7.89. The van der Waals surface area contributed by atoms with Gasteiger partial charge in [-0.25, -0.2) is 9.71 Å². The second-order valence-electron chi connectivity index (χ2n) is 8.08. The summed E-state index contributed by atoms with van der Waals surface area (Å²) >= 11 is 6.01. The quantitative estimate of drug-likeness (QED) is 0.505. The molecule has 2 amide bonds. The SMILES string of the molecule is CCCC(=O)NS(=O)(=O)c1ccc(C(=O)N[C@H]2CC[C@@H](c3nc4cc(Cl)ccc4o3)CC2)o1. The largest absolute Gasteiger partial charge is 0.440 e. The van der Waals surface area contributed by atoms with Crippen molar-refractivity contribution < 1.29 is 26.8 Å². The topological polar surface area (TPSA) is 132 Å². The van der Waals surface area contributed by atoms with Crippen LogP contribution in [-0.2, 0) is 14.8 Å². The number of carbonyl (C=O) groups is 2. The molecule has 0 spiro atoms. The second kappa shape index (κ2) is 9.56. The van der Waals surface area contributed by atoms with Crippen LogP contribution in [0.3, 0.4) is 0 Å². The maximum absolute atomic E-state index is 12.5. The van der Waals surface area contributed by atoms with E-state index in [4.69, 9.17) is 20.4 Å². The molecule has 2 heterocycles. The minimum Gasteiger partial charge on any atom is -0.440 e. The summed E-state index contributed by atoms with van der Waals surface area (Å²) in [5.74, 6) is -0.439. The Kier molecular flexibility index (Phi) is 6.76. The van der Waals surface area contributed by atoms with E-state index in [1.807, 2.05) is 4.72 Å². The third-order valence-corrected chi connectivity index (χ3v) is 7.05. The van der Waals surface area contributed by atoms with E-state index in [2.05, 4.69) is 10.3 Å². The minimum atomic E-state index is -4.15. The number of hydrogen-bond donors (Lipinski definition) is 2. The number of halogens is 1. The predicted molar refractivity (Wildman–Crippen MR) is 120 cm³/mol. The van der Waals surface area contributed by atoms with Gasteiger partial charge in [-0.05, 0) is 62.4 Å². The van der Waals surface area contributed by atoms with E-state index in [1.54, 1.807) is 25.1 Å². The lowest BCUT2D eigenvalue weighted by atomic mass is 9.86. The third kappa shape index (κ3) is 5.39. The Hall–Kier alpha value is -2.85. The van der Waals surface area contributed by atoms with Crippen molar-refractivity contribution in [3.8, 4) is 0 Å². The molecule has 1 aliphatic rings. The van der Waals surface area contributed by atoms with Gasteiger partial charge in [-0.2, -0.15) is 8.42 Å². The van der Waals surface area contributed by atoms with Crippen LogP contribution >= 0.6 is 11.6 Å². The summed E-state index contributed by atoms with van der Waals surface area (Å²) in [6, 6.07) is 7.68. The Balaban J connectivity index is 1.33. The van der Waals surface area contributed by atoms with Gasteiger partial charge in [-0.1, -0.05) is 18.5 Å². The molecule has 1 fully saturated rings. The van der Waals surface area contributed by atoms with Crippen LogP contribution in [-0.4, -0.2) is 31.3 Å². The molecule has 176 valence electrons. The first-order valence-electron chi connectivity index (χ1n) is 10.8. The molecule has 2 N–H and O–H groups in total. The molecule has 1 saturated carbocycles. The number of sulfonamides is 1. The number of furan rings is 1. The van der Waals surface area contributed by atoms with Gasteiger partial charge >= 0.3 is 0 Å². The Labute approximate surface area is 195 Å². The van der Waals surface area contributed by atoms with Crippen molar-refractivity contribution in [2.45, 2.75) is 62.5 Å². The van der Waals surface area contributed by atoms with Crippen molar-refractivity contribution in [3.05, 3.63) is 47.0 Å². The highest BCUT2D eigenvalue weighted by Crippen LogP contribution is 2.34. The summed E-state index contributed by atoms with van der Waals surface area (Å²) < 4.78 is 37.4. The molecule has 2 aromatic heterocycles. The molecule has 0 bridgehead atoms. The van der Waals surface area contributed by atoms with Crippen molar-refractivity contribution >= 4 is 44.5 Å².